The molecule has 0 spiro atoms. The van der Waals surface area contributed by atoms with Crippen molar-refractivity contribution in [2.75, 3.05) is 5.32 Å². The van der Waals surface area contributed by atoms with Crippen LogP contribution in [0.2, 0.25) is 0 Å². The number of hydrogen-bond donors (Lipinski definition) is 1. The number of alkyl halides is 3. The van der Waals surface area contributed by atoms with E-state index in [1.54, 1.807) is 6.07 Å². The molecule has 2 aromatic carbocycles. The predicted molar refractivity (Wildman–Crippen MR) is 74.7 cm³/mol. The first-order valence-corrected chi connectivity index (χ1v) is 6.31. The van der Waals surface area contributed by atoms with Gasteiger partial charge in [0.2, 0.25) is 0 Å². The Labute approximate surface area is 120 Å². The van der Waals surface area contributed by atoms with Gasteiger partial charge in [-0.1, -0.05) is 29.8 Å². The third kappa shape index (κ3) is 3.76. The van der Waals surface area contributed by atoms with Gasteiger partial charge in [0.05, 0.1) is 16.8 Å². The molecule has 1 N–H and O–H groups in total. The second-order valence-corrected chi connectivity index (χ2v) is 4.71. The average molecular weight is 290 g/mol. The van der Waals surface area contributed by atoms with E-state index in [0.717, 1.165) is 23.3 Å². The maximum atomic E-state index is 12.6. The van der Waals surface area contributed by atoms with Gasteiger partial charge in [0.1, 0.15) is 6.07 Å². The molecule has 0 bridgehead atoms. The maximum absolute atomic E-state index is 12.6. The predicted octanol–water partition coefficient (Wildman–Crippen LogP) is 4.50. The molecule has 0 fully saturated rings. The molecular weight excluding hydrogens is 277 g/mol. The molecule has 0 saturated carbocycles. The van der Waals surface area contributed by atoms with E-state index in [9.17, 15) is 13.2 Å². The standard InChI is InChI=1S/C16H13F3N2/c1-11-2-4-12(5-3-11)10-21-15-7-6-14(16(17,18)19)8-13(15)9-20/h2-8,21H,10H2,1H3. The number of nitrogens with zero attached hydrogens (tertiary/aromatic N) is 1. The van der Waals surface area contributed by atoms with Gasteiger partial charge in [0.15, 0.2) is 0 Å². The Bertz CT molecular complexity index is 667. The van der Waals surface area contributed by atoms with Crippen molar-refractivity contribution in [3.8, 4) is 6.07 Å². The number of anilines is 1. The van der Waals surface area contributed by atoms with E-state index in [1.807, 2.05) is 31.2 Å². The van der Waals surface area contributed by atoms with E-state index in [2.05, 4.69) is 5.32 Å². The highest BCUT2D eigenvalue weighted by atomic mass is 19.4. The molecular formula is C16H13F3N2. The number of halogens is 3. The lowest BCUT2D eigenvalue weighted by Crippen LogP contribution is -2.07. The summed E-state index contributed by atoms with van der Waals surface area (Å²) in [5.74, 6) is 0. The van der Waals surface area contributed by atoms with Gasteiger partial charge >= 0.3 is 6.18 Å². The Hall–Kier alpha value is -2.48. The highest BCUT2D eigenvalue weighted by Gasteiger charge is 2.31. The second-order valence-electron chi connectivity index (χ2n) is 4.71. The van der Waals surface area contributed by atoms with Crippen molar-refractivity contribution in [2.45, 2.75) is 19.6 Å². The lowest BCUT2D eigenvalue weighted by atomic mass is 10.1. The summed E-state index contributed by atoms with van der Waals surface area (Å²) in [7, 11) is 0. The molecule has 2 nitrogen and oxygen atoms in total. The van der Waals surface area contributed by atoms with Crippen LogP contribution in [0, 0.1) is 18.3 Å². The molecule has 0 unspecified atom stereocenters. The van der Waals surface area contributed by atoms with Crippen molar-refractivity contribution in [1.82, 2.24) is 0 Å². The van der Waals surface area contributed by atoms with E-state index in [1.165, 1.54) is 6.07 Å². The molecule has 21 heavy (non-hydrogen) atoms. The molecule has 0 saturated heterocycles. The number of nitriles is 1. The summed E-state index contributed by atoms with van der Waals surface area (Å²) in [5, 5.41) is 12.0. The Balaban J connectivity index is 2.17. The molecule has 5 heteroatoms. The molecule has 108 valence electrons. The highest BCUT2D eigenvalue weighted by Crippen LogP contribution is 2.31. The summed E-state index contributed by atoms with van der Waals surface area (Å²) in [6, 6.07) is 12.7. The molecule has 0 aliphatic carbocycles. The quantitative estimate of drug-likeness (QED) is 0.903. The molecule has 2 aromatic rings. The van der Waals surface area contributed by atoms with E-state index in [0.29, 0.717) is 12.2 Å². The number of rotatable bonds is 3. The van der Waals surface area contributed by atoms with Crippen LogP contribution in [0.3, 0.4) is 0 Å². The van der Waals surface area contributed by atoms with E-state index >= 15 is 0 Å². The molecule has 0 radical (unpaired) electrons. The van der Waals surface area contributed by atoms with E-state index < -0.39 is 11.7 Å². The minimum Gasteiger partial charge on any atom is -0.380 e. The van der Waals surface area contributed by atoms with Gasteiger partial charge < -0.3 is 5.32 Å². The molecule has 0 aromatic heterocycles. The largest absolute Gasteiger partial charge is 0.416 e. The minimum atomic E-state index is -4.44. The van der Waals surface area contributed by atoms with Crippen LogP contribution in [0.1, 0.15) is 22.3 Å². The van der Waals surface area contributed by atoms with Gasteiger partial charge in [-0.2, -0.15) is 18.4 Å². The topological polar surface area (TPSA) is 35.8 Å². The van der Waals surface area contributed by atoms with Crippen molar-refractivity contribution >= 4 is 5.69 Å². The zero-order valence-corrected chi connectivity index (χ0v) is 11.3. The third-order valence-corrected chi connectivity index (χ3v) is 3.07. The van der Waals surface area contributed by atoms with Gasteiger partial charge in [-0.25, -0.2) is 0 Å². The molecule has 0 aliphatic heterocycles. The fourth-order valence-electron chi connectivity index (χ4n) is 1.87. The Morgan fingerprint density at radius 3 is 2.33 bits per heavy atom. The molecule has 0 amide bonds. The lowest BCUT2D eigenvalue weighted by molar-refractivity contribution is -0.137. The van der Waals surface area contributed by atoms with Crippen LogP contribution >= 0.6 is 0 Å². The van der Waals surface area contributed by atoms with Crippen molar-refractivity contribution in [1.29, 1.82) is 5.26 Å². The van der Waals surface area contributed by atoms with Crippen molar-refractivity contribution in [3.05, 3.63) is 64.7 Å². The normalized spacial score (nSPS) is 11.0. The van der Waals surface area contributed by atoms with E-state index in [4.69, 9.17) is 5.26 Å². The van der Waals surface area contributed by atoms with Gasteiger partial charge in [0, 0.05) is 6.54 Å². The fraction of sp³-hybridized carbons (Fsp3) is 0.188. The van der Waals surface area contributed by atoms with Crippen molar-refractivity contribution in [3.63, 3.8) is 0 Å². The van der Waals surface area contributed by atoms with Crippen LogP contribution in [0.4, 0.5) is 18.9 Å². The summed E-state index contributed by atoms with van der Waals surface area (Å²) in [6.07, 6.45) is -4.44. The Morgan fingerprint density at radius 2 is 1.76 bits per heavy atom. The number of hydrogen-bond acceptors (Lipinski definition) is 2. The van der Waals surface area contributed by atoms with Crippen LogP contribution < -0.4 is 5.32 Å². The van der Waals surface area contributed by atoms with Crippen LogP contribution in [-0.2, 0) is 12.7 Å². The summed E-state index contributed by atoms with van der Waals surface area (Å²) in [4.78, 5) is 0. The van der Waals surface area contributed by atoms with Gasteiger partial charge in [0.25, 0.3) is 0 Å². The zero-order chi connectivity index (χ0) is 15.5. The van der Waals surface area contributed by atoms with Crippen molar-refractivity contribution < 1.29 is 13.2 Å². The Morgan fingerprint density at radius 1 is 1.10 bits per heavy atom. The lowest BCUT2D eigenvalue weighted by Gasteiger charge is -2.12. The number of aryl methyl sites for hydroxylation is 1. The molecule has 0 atom stereocenters. The molecule has 2 rings (SSSR count). The van der Waals surface area contributed by atoms with Gasteiger partial charge in [-0.05, 0) is 30.7 Å². The summed E-state index contributed by atoms with van der Waals surface area (Å²) >= 11 is 0. The first-order chi connectivity index (χ1) is 9.90. The first kappa shape index (κ1) is 14.9. The fourth-order valence-corrected chi connectivity index (χ4v) is 1.87. The van der Waals surface area contributed by atoms with Crippen LogP contribution in [0.15, 0.2) is 42.5 Å². The summed E-state index contributed by atoms with van der Waals surface area (Å²) < 4.78 is 37.8. The monoisotopic (exact) mass is 290 g/mol. The third-order valence-electron chi connectivity index (χ3n) is 3.07. The zero-order valence-electron chi connectivity index (χ0n) is 11.3. The van der Waals surface area contributed by atoms with E-state index in [-0.39, 0.29) is 5.56 Å². The van der Waals surface area contributed by atoms with Gasteiger partial charge in [-0.15, -0.1) is 0 Å². The summed E-state index contributed by atoms with van der Waals surface area (Å²) in [5.41, 5.74) is 1.68. The average Bonchev–Trinajstić information content (AvgIpc) is 2.45. The van der Waals surface area contributed by atoms with Crippen LogP contribution in [0.5, 0.6) is 0 Å². The molecule has 0 heterocycles. The molecule has 0 aliphatic rings. The van der Waals surface area contributed by atoms with Crippen molar-refractivity contribution in [2.24, 2.45) is 0 Å². The highest BCUT2D eigenvalue weighted by molar-refractivity contribution is 5.59. The SMILES string of the molecule is Cc1ccc(CNc2ccc(C(F)(F)F)cc2C#N)cc1. The number of nitrogens with one attached hydrogen (secondary N) is 1. The maximum Gasteiger partial charge on any atom is 0.416 e. The second kappa shape index (κ2) is 5.88. The van der Waals surface area contributed by atoms with Crippen LogP contribution in [-0.4, -0.2) is 0 Å². The number of benzene rings is 2. The van der Waals surface area contributed by atoms with Gasteiger partial charge in [-0.3, -0.25) is 0 Å². The Kier molecular flexibility index (Phi) is 4.18. The smallest absolute Gasteiger partial charge is 0.380 e. The summed E-state index contributed by atoms with van der Waals surface area (Å²) in [6.45, 7) is 2.42. The minimum absolute atomic E-state index is 0.0167. The first-order valence-electron chi connectivity index (χ1n) is 6.31. The van der Waals surface area contributed by atoms with Crippen LogP contribution in [0.25, 0.3) is 0 Å².